The SMILES string of the molecule is C=CCCC[C@H]1CC[C@H](C2CCC(c3cc(F)c(COC)c(F)c3)CC2)CC1. The summed E-state index contributed by atoms with van der Waals surface area (Å²) in [6.07, 6.45) is 15.9. The highest BCUT2D eigenvalue weighted by Crippen LogP contribution is 2.44. The Labute approximate surface area is 169 Å². The predicted molar refractivity (Wildman–Crippen MR) is 111 cm³/mol. The average molecular weight is 391 g/mol. The molecule has 0 amide bonds. The first-order chi connectivity index (χ1) is 13.6. The van der Waals surface area contributed by atoms with E-state index in [1.54, 1.807) is 0 Å². The number of halogens is 2. The van der Waals surface area contributed by atoms with Gasteiger partial charge in [0.1, 0.15) is 11.6 Å². The van der Waals surface area contributed by atoms with E-state index in [4.69, 9.17) is 4.74 Å². The number of allylic oxidation sites excluding steroid dienone is 1. The summed E-state index contributed by atoms with van der Waals surface area (Å²) in [5.41, 5.74) is 0.879. The van der Waals surface area contributed by atoms with Crippen LogP contribution in [0.15, 0.2) is 24.8 Å². The van der Waals surface area contributed by atoms with Crippen LogP contribution < -0.4 is 0 Å². The van der Waals surface area contributed by atoms with Crippen molar-refractivity contribution in [2.24, 2.45) is 17.8 Å². The van der Waals surface area contributed by atoms with Crippen molar-refractivity contribution in [1.29, 1.82) is 0 Å². The van der Waals surface area contributed by atoms with Crippen LogP contribution >= 0.6 is 0 Å². The summed E-state index contributed by atoms with van der Waals surface area (Å²) in [5, 5.41) is 0. The summed E-state index contributed by atoms with van der Waals surface area (Å²) in [5.74, 6) is 1.97. The van der Waals surface area contributed by atoms with E-state index in [2.05, 4.69) is 6.58 Å². The smallest absolute Gasteiger partial charge is 0.131 e. The third-order valence-electron chi connectivity index (χ3n) is 7.27. The third-order valence-corrected chi connectivity index (χ3v) is 7.27. The zero-order chi connectivity index (χ0) is 19.9. The zero-order valence-electron chi connectivity index (χ0n) is 17.4. The zero-order valence-corrected chi connectivity index (χ0v) is 17.4. The molecule has 1 aromatic carbocycles. The van der Waals surface area contributed by atoms with Crippen LogP contribution in [0, 0.1) is 29.4 Å². The molecule has 0 radical (unpaired) electrons. The minimum Gasteiger partial charge on any atom is -0.380 e. The minimum absolute atomic E-state index is 0.0129. The number of unbranched alkanes of at least 4 members (excludes halogenated alkanes) is 1. The molecule has 0 aromatic heterocycles. The van der Waals surface area contributed by atoms with E-state index in [0.29, 0.717) is 5.92 Å². The fourth-order valence-corrected chi connectivity index (χ4v) is 5.56. The normalized spacial score (nSPS) is 28.2. The molecule has 0 bridgehead atoms. The molecule has 3 rings (SSSR count). The Morgan fingerprint density at radius 2 is 1.54 bits per heavy atom. The third kappa shape index (κ3) is 5.43. The van der Waals surface area contributed by atoms with Crippen molar-refractivity contribution in [3.05, 3.63) is 47.5 Å². The Hall–Kier alpha value is -1.22. The van der Waals surface area contributed by atoms with E-state index in [1.165, 1.54) is 70.6 Å². The largest absolute Gasteiger partial charge is 0.380 e. The standard InChI is InChI=1S/C25H36F2O/c1-3-4-5-6-18-7-9-19(10-8-18)20-11-13-21(14-12-20)22-15-24(26)23(17-28-2)25(27)16-22/h3,15-16,18-21H,1,4-14,17H2,2H3/t18-,19-,20?,21?. The molecule has 0 unspecified atom stereocenters. The van der Waals surface area contributed by atoms with Crippen LogP contribution in [0.4, 0.5) is 8.78 Å². The summed E-state index contributed by atoms with van der Waals surface area (Å²) in [4.78, 5) is 0. The number of methoxy groups -OCH3 is 1. The van der Waals surface area contributed by atoms with Gasteiger partial charge in [0.05, 0.1) is 6.61 Å². The second-order valence-corrected chi connectivity index (χ2v) is 9.01. The Kier molecular flexibility index (Phi) is 8.08. The number of benzene rings is 1. The Bertz CT molecular complexity index is 602. The van der Waals surface area contributed by atoms with Gasteiger partial charge in [-0.05, 0) is 92.7 Å². The molecule has 1 aromatic rings. The van der Waals surface area contributed by atoms with Crippen LogP contribution in [0.2, 0.25) is 0 Å². The van der Waals surface area contributed by atoms with Gasteiger partial charge in [-0.25, -0.2) is 8.78 Å². The number of hydrogen-bond acceptors (Lipinski definition) is 1. The first-order valence-electron chi connectivity index (χ1n) is 11.2. The van der Waals surface area contributed by atoms with Crippen molar-refractivity contribution >= 4 is 0 Å². The summed E-state index contributed by atoms with van der Waals surface area (Å²) in [6, 6.07) is 3.08. The highest BCUT2D eigenvalue weighted by molar-refractivity contribution is 5.28. The molecule has 0 N–H and O–H groups in total. The molecule has 0 heterocycles. The van der Waals surface area contributed by atoms with Gasteiger partial charge < -0.3 is 4.74 Å². The molecular weight excluding hydrogens is 354 g/mol. The predicted octanol–water partition coefficient (Wildman–Crippen LogP) is 7.55. The number of hydrogen-bond donors (Lipinski definition) is 0. The minimum atomic E-state index is -0.464. The number of rotatable bonds is 8. The summed E-state index contributed by atoms with van der Waals surface area (Å²) in [7, 11) is 1.46. The molecule has 0 spiro atoms. The van der Waals surface area contributed by atoms with E-state index in [0.717, 1.165) is 42.6 Å². The molecule has 156 valence electrons. The topological polar surface area (TPSA) is 9.23 Å². The lowest BCUT2D eigenvalue weighted by molar-refractivity contribution is 0.156. The van der Waals surface area contributed by atoms with Gasteiger partial charge in [-0.15, -0.1) is 6.58 Å². The molecule has 0 aliphatic heterocycles. The summed E-state index contributed by atoms with van der Waals surface area (Å²) < 4.78 is 33.4. The molecule has 2 aliphatic carbocycles. The van der Waals surface area contributed by atoms with Gasteiger partial charge in [0.2, 0.25) is 0 Å². The van der Waals surface area contributed by atoms with Gasteiger partial charge in [0, 0.05) is 12.7 Å². The van der Waals surface area contributed by atoms with E-state index in [1.807, 2.05) is 6.08 Å². The fourth-order valence-electron chi connectivity index (χ4n) is 5.56. The van der Waals surface area contributed by atoms with Gasteiger partial charge >= 0.3 is 0 Å². The van der Waals surface area contributed by atoms with E-state index in [9.17, 15) is 8.78 Å². The van der Waals surface area contributed by atoms with Crippen LogP contribution in [0.3, 0.4) is 0 Å². The van der Waals surface area contributed by atoms with Crippen LogP contribution in [0.25, 0.3) is 0 Å². The molecule has 0 atom stereocenters. The van der Waals surface area contributed by atoms with E-state index in [-0.39, 0.29) is 12.2 Å². The quantitative estimate of drug-likeness (QED) is 0.329. The first kappa shape index (κ1) is 21.5. The van der Waals surface area contributed by atoms with Gasteiger partial charge in [-0.3, -0.25) is 0 Å². The van der Waals surface area contributed by atoms with Crippen molar-refractivity contribution in [3.8, 4) is 0 Å². The monoisotopic (exact) mass is 390 g/mol. The van der Waals surface area contributed by atoms with Crippen LogP contribution in [-0.2, 0) is 11.3 Å². The van der Waals surface area contributed by atoms with Crippen LogP contribution in [0.1, 0.15) is 87.7 Å². The van der Waals surface area contributed by atoms with Crippen molar-refractivity contribution in [2.45, 2.75) is 83.2 Å². The second kappa shape index (κ2) is 10.5. The average Bonchev–Trinajstić information content (AvgIpc) is 2.71. The highest BCUT2D eigenvalue weighted by Gasteiger charge is 2.31. The molecule has 3 heteroatoms. The maximum absolute atomic E-state index is 14.2. The Morgan fingerprint density at radius 1 is 0.964 bits per heavy atom. The molecule has 2 fully saturated rings. The molecular formula is C25H36F2O. The van der Waals surface area contributed by atoms with E-state index >= 15 is 0 Å². The lowest BCUT2D eigenvalue weighted by Gasteiger charge is -2.38. The molecule has 0 saturated heterocycles. The highest BCUT2D eigenvalue weighted by atomic mass is 19.1. The molecule has 28 heavy (non-hydrogen) atoms. The van der Waals surface area contributed by atoms with E-state index < -0.39 is 11.6 Å². The van der Waals surface area contributed by atoms with Crippen molar-refractivity contribution in [1.82, 2.24) is 0 Å². The fraction of sp³-hybridized carbons (Fsp3) is 0.680. The van der Waals surface area contributed by atoms with Gasteiger partial charge in [0.15, 0.2) is 0 Å². The summed E-state index contributed by atoms with van der Waals surface area (Å²) >= 11 is 0. The number of ether oxygens (including phenoxy) is 1. The Balaban J connectivity index is 1.48. The lowest BCUT2D eigenvalue weighted by Crippen LogP contribution is -2.25. The molecule has 2 aliphatic rings. The van der Waals surface area contributed by atoms with Crippen LogP contribution in [-0.4, -0.2) is 7.11 Å². The molecule has 1 nitrogen and oxygen atoms in total. The van der Waals surface area contributed by atoms with Crippen molar-refractivity contribution < 1.29 is 13.5 Å². The van der Waals surface area contributed by atoms with Crippen molar-refractivity contribution in [3.63, 3.8) is 0 Å². The van der Waals surface area contributed by atoms with Crippen molar-refractivity contribution in [2.75, 3.05) is 7.11 Å². The van der Waals surface area contributed by atoms with Gasteiger partial charge in [-0.2, -0.15) is 0 Å². The first-order valence-corrected chi connectivity index (χ1v) is 11.2. The maximum Gasteiger partial charge on any atom is 0.131 e. The summed E-state index contributed by atoms with van der Waals surface area (Å²) in [6.45, 7) is 3.81. The Morgan fingerprint density at radius 3 is 2.07 bits per heavy atom. The lowest BCUT2D eigenvalue weighted by atomic mass is 9.68. The second-order valence-electron chi connectivity index (χ2n) is 9.01. The van der Waals surface area contributed by atoms with Gasteiger partial charge in [0.25, 0.3) is 0 Å². The molecule has 2 saturated carbocycles. The van der Waals surface area contributed by atoms with Crippen LogP contribution in [0.5, 0.6) is 0 Å². The van der Waals surface area contributed by atoms with Gasteiger partial charge in [-0.1, -0.05) is 25.3 Å². The maximum atomic E-state index is 14.2.